The molecule has 0 radical (unpaired) electrons. The van der Waals surface area contributed by atoms with E-state index in [-0.39, 0.29) is 5.82 Å². The summed E-state index contributed by atoms with van der Waals surface area (Å²) in [5.74, 6) is 0.147. The predicted octanol–water partition coefficient (Wildman–Crippen LogP) is -0.725. The van der Waals surface area contributed by atoms with Gasteiger partial charge in [0.15, 0.2) is 11.2 Å². The highest BCUT2D eigenvalue weighted by atomic mass is 19.1. The molecule has 0 aliphatic carbocycles. The maximum absolute atomic E-state index is 13.1. The van der Waals surface area contributed by atoms with Gasteiger partial charge in [0.05, 0.1) is 19.6 Å². The molecule has 8 nitrogen and oxygen atoms in total. The van der Waals surface area contributed by atoms with Gasteiger partial charge in [0, 0.05) is 14.1 Å². The quantitative estimate of drug-likeness (QED) is 0.636. The highest BCUT2D eigenvalue weighted by Crippen LogP contribution is 2.18. The molecule has 1 aromatic carbocycles. The van der Waals surface area contributed by atoms with Crippen LogP contribution in [0.25, 0.3) is 11.2 Å². The lowest BCUT2D eigenvalue weighted by molar-refractivity contribution is -0.362. The van der Waals surface area contributed by atoms with Gasteiger partial charge in [-0.15, -0.1) is 0 Å². The number of hydrogen-bond donors (Lipinski definition) is 2. The van der Waals surface area contributed by atoms with Crippen LogP contribution >= 0.6 is 0 Å². The zero-order valence-electron chi connectivity index (χ0n) is 14.1. The fraction of sp³-hybridized carbons (Fsp3) is 0.312. The number of benzene rings is 1. The number of imidazole rings is 1. The SMILES string of the molecule is Cn1c(=O)c2c(nc(NCC[NH3+])n2Cc2ccc(F)cc2)n(C)c1=O. The first-order valence-corrected chi connectivity index (χ1v) is 7.88. The summed E-state index contributed by atoms with van der Waals surface area (Å²) in [6.07, 6.45) is 0. The van der Waals surface area contributed by atoms with Crippen molar-refractivity contribution in [1.29, 1.82) is 0 Å². The Hall–Kier alpha value is -2.94. The number of nitrogens with zero attached hydrogens (tertiary/aromatic N) is 4. The molecular formula is C16H20FN6O2+. The molecule has 0 amide bonds. The molecule has 0 saturated heterocycles. The minimum absolute atomic E-state index is 0.307. The molecule has 3 aromatic rings. The maximum atomic E-state index is 13.1. The number of nitrogens with one attached hydrogen (secondary N) is 1. The Morgan fingerprint density at radius 2 is 1.84 bits per heavy atom. The van der Waals surface area contributed by atoms with E-state index in [1.54, 1.807) is 23.7 Å². The van der Waals surface area contributed by atoms with Crippen molar-refractivity contribution in [3.63, 3.8) is 0 Å². The van der Waals surface area contributed by atoms with Gasteiger partial charge < -0.3 is 11.1 Å². The number of fused-ring (bicyclic) bond motifs is 1. The van der Waals surface area contributed by atoms with Gasteiger partial charge in [-0.2, -0.15) is 4.98 Å². The summed E-state index contributed by atoms with van der Waals surface area (Å²) in [7, 11) is 3.01. The van der Waals surface area contributed by atoms with Crippen LogP contribution in [0.15, 0.2) is 33.9 Å². The topological polar surface area (TPSA) is 101 Å². The van der Waals surface area contributed by atoms with Crippen LogP contribution in [-0.4, -0.2) is 31.8 Å². The Morgan fingerprint density at radius 1 is 1.16 bits per heavy atom. The molecule has 25 heavy (non-hydrogen) atoms. The van der Waals surface area contributed by atoms with Gasteiger partial charge in [-0.05, 0) is 17.7 Å². The molecule has 0 bridgehead atoms. The van der Waals surface area contributed by atoms with Crippen molar-refractivity contribution in [2.24, 2.45) is 14.1 Å². The van der Waals surface area contributed by atoms with Gasteiger partial charge >= 0.3 is 5.69 Å². The van der Waals surface area contributed by atoms with Gasteiger partial charge in [-0.1, -0.05) is 12.1 Å². The van der Waals surface area contributed by atoms with Gasteiger partial charge in [-0.25, -0.2) is 9.18 Å². The molecule has 132 valence electrons. The summed E-state index contributed by atoms with van der Waals surface area (Å²) in [5.41, 5.74) is 4.36. The molecular weight excluding hydrogens is 327 g/mol. The standard InChI is InChI=1S/C16H19FN6O2/c1-21-13-12(14(24)22(2)16(21)25)23(15(20-13)19-8-7-18)9-10-3-5-11(17)6-4-10/h3-6H,7-9,18H2,1-2H3,(H,19,20)/p+1. The van der Waals surface area contributed by atoms with Crippen LogP contribution in [0.5, 0.6) is 0 Å². The molecule has 2 aromatic heterocycles. The van der Waals surface area contributed by atoms with Crippen LogP contribution in [0.3, 0.4) is 0 Å². The Bertz CT molecular complexity index is 1030. The van der Waals surface area contributed by atoms with Crippen LogP contribution in [0.2, 0.25) is 0 Å². The Balaban J connectivity index is 2.24. The van der Waals surface area contributed by atoms with Crippen molar-refractivity contribution in [1.82, 2.24) is 18.7 Å². The average Bonchev–Trinajstić information content (AvgIpc) is 2.96. The number of aromatic nitrogens is 4. The van der Waals surface area contributed by atoms with Crippen LogP contribution in [0.1, 0.15) is 5.56 Å². The van der Waals surface area contributed by atoms with E-state index in [0.29, 0.717) is 36.7 Å². The smallest absolute Gasteiger partial charge is 0.332 e. The van der Waals surface area contributed by atoms with E-state index in [2.05, 4.69) is 16.0 Å². The van der Waals surface area contributed by atoms with Crippen molar-refractivity contribution >= 4 is 17.1 Å². The Kier molecular flexibility index (Phi) is 4.41. The molecule has 0 fully saturated rings. The second-order valence-corrected chi connectivity index (χ2v) is 5.81. The highest BCUT2D eigenvalue weighted by molar-refractivity contribution is 5.74. The molecule has 0 spiro atoms. The Morgan fingerprint density at radius 3 is 2.48 bits per heavy atom. The molecule has 9 heteroatoms. The van der Waals surface area contributed by atoms with Crippen molar-refractivity contribution in [2.75, 3.05) is 18.4 Å². The molecule has 0 unspecified atom stereocenters. The fourth-order valence-corrected chi connectivity index (χ4v) is 2.71. The van der Waals surface area contributed by atoms with Crippen LogP contribution in [0, 0.1) is 5.82 Å². The summed E-state index contributed by atoms with van der Waals surface area (Å²) >= 11 is 0. The van der Waals surface area contributed by atoms with E-state index in [9.17, 15) is 14.0 Å². The molecule has 0 atom stereocenters. The normalized spacial score (nSPS) is 11.2. The van der Waals surface area contributed by atoms with Crippen LogP contribution < -0.4 is 22.3 Å². The number of quaternary nitrogens is 1. The largest absolute Gasteiger partial charge is 0.356 e. The lowest BCUT2D eigenvalue weighted by Gasteiger charge is -2.10. The van der Waals surface area contributed by atoms with Crippen molar-refractivity contribution in [3.8, 4) is 0 Å². The van der Waals surface area contributed by atoms with Gasteiger partial charge in [0.1, 0.15) is 5.82 Å². The minimum Gasteiger partial charge on any atom is -0.356 e. The molecule has 0 aliphatic heterocycles. The van der Waals surface area contributed by atoms with Crippen molar-refractivity contribution in [2.45, 2.75) is 6.54 Å². The number of hydrogen-bond acceptors (Lipinski definition) is 4. The maximum Gasteiger partial charge on any atom is 0.332 e. The first-order chi connectivity index (χ1) is 11.9. The third-order valence-corrected chi connectivity index (χ3v) is 4.06. The average molecular weight is 347 g/mol. The first-order valence-electron chi connectivity index (χ1n) is 7.88. The molecule has 2 heterocycles. The van der Waals surface area contributed by atoms with Gasteiger partial charge in [0.2, 0.25) is 5.95 Å². The number of rotatable bonds is 5. The molecule has 3 rings (SSSR count). The third kappa shape index (κ3) is 2.93. The van der Waals surface area contributed by atoms with Gasteiger partial charge in [-0.3, -0.25) is 18.5 Å². The highest BCUT2D eigenvalue weighted by Gasteiger charge is 2.19. The zero-order valence-corrected chi connectivity index (χ0v) is 14.1. The van der Waals surface area contributed by atoms with Crippen LogP contribution in [-0.2, 0) is 20.6 Å². The number of halogens is 1. The van der Waals surface area contributed by atoms with E-state index < -0.39 is 11.2 Å². The monoisotopic (exact) mass is 347 g/mol. The van der Waals surface area contributed by atoms with Crippen molar-refractivity contribution in [3.05, 3.63) is 56.5 Å². The minimum atomic E-state index is -0.437. The van der Waals surface area contributed by atoms with E-state index in [1.165, 1.54) is 23.7 Å². The summed E-state index contributed by atoms with van der Waals surface area (Å²) in [5, 5.41) is 3.13. The van der Waals surface area contributed by atoms with E-state index in [1.807, 2.05) is 0 Å². The lowest BCUT2D eigenvalue weighted by atomic mass is 10.2. The second-order valence-electron chi connectivity index (χ2n) is 5.81. The van der Waals surface area contributed by atoms with Gasteiger partial charge in [0.25, 0.3) is 5.56 Å². The first kappa shape index (κ1) is 16.9. The van der Waals surface area contributed by atoms with Crippen LogP contribution in [0.4, 0.5) is 10.3 Å². The summed E-state index contributed by atoms with van der Waals surface area (Å²) < 4.78 is 17.2. The summed E-state index contributed by atoms with van der Waals surface area (Å²) in [6, 6.07) is 6.04. The van der Waals surface area contributed by atoms with E-state index in [0.717, 1.165) is 10.1 Å². The zero-order chi connectivity index (χ0) is 18.1. The second kappa shape index (κ2) is 6.52. The fourth-order valence-electron chi connectivity index (χ4n) is 2.71. The summed E-state index contributed by atoms with van der Waals surface area (Å²) in [6.45, 7) is 1.53. The van der Waals surface area contributed by atoms with Crippen molar-refractivity contribution < 1.29 is 10.1 Å². The van der Waals surface area contributed by atoms with E-state index in [4.69, 9.17) is 0 Å². The third-order valence-electron chi connectivity index (χ3n) is 4.06. The van der Waals surface area contributed by atoms with E-state index >= 15 is 0 Å². The molecule has 0 saturated carbocycles. The predicted molar refractivity (Wildman–Crippen MR) is 92.0 cm³/mol. The molecule has 4 N–H and O–H groups in total. The number of aryl methyl sites for hydroxylation is 1. The lowest BCUT2D eigenvalue weighted by Crippen LogP contribution is -2.53. The molecule has 0 aliphatic rings. The summed E-state index contributed by atoms with van der Waals surface area (Å²) in [4.78, 5) is 29.2. The number of anilines is 1. The Labute approximate surface area is 142 Å².